The summed E-state index contributed by atoms with van der Waals surface area (Å²) < 4.78 is 0. The number of rotatable bonds is 6. The van der Waals surface area contributed by atoms with E-state index in [-0.39, 0.29) is 0 Å². The van der Waals surface area contributed by atoms with Gasteiger partial charge in [-0.3, -0.25) is 4.79 Å². The molecule has 2 rings (SSSR count). The highest BCUT2D eigenvalue weighted by molar-refractivity contribution is 5.89. The molecular formula is C15H19NO. The van der Waals surface area contributed by atoms with Crippen molar-refractivity contribution in [3.8, 4) is 0 Å². The summed E-state index contributed by atoms with van der Waals surface area (Å²) in [7, 11) is 0. The number of aromatic amines is 1. The molecule has 0 saturated carbocycles. The van der Waals surface area contributed by atoms with Crippen LogP contribution in [0.3, 0.4) is 0 Å². The summed E-state index contributed by atoms with van der Waals surface area (Å²) in [5.41, 5.74) is 3.17. The Morgan fingerprint density at radius 1 is 1.24 bits per heavy atom. The zero-order chi connectivity index (χ0) is 12.1. The molecule has 0 aliphatic heterocycles. The third kappa shape index (κ3) is 2.76. The Morgan fingerprint density at radius 2 is 2.12 bits per heavy atom. The normalized spacial score (nSPS) is 10.9. The highest BCUT2D eigenvalue weighted by Gasteiger charge is 2.03. The van der Waals surface area contributed by atoms with E-state index >= 15 is 0 Å². The summed E-state index contributed by atoms with van der Waals surface area (Å²) in [6.07, 6.45) is 9.23. The predicted octanol–water partition coefficient (Wildman–Crippen LogP) is 4.10. The molecule has 0 saturated heterocycles. The molecule has 0 aliphatic carbocycles. The summed E-state index contributed by atoms with van der Waals surface area (Å²) in [4.78, 5) is 13.9. The first-order chi connectivity index (χ1) is 8.35. The molecule has 0 spiro atoms. The van der Waals surface area contributed by atoms with Crippen molar-refractivity contribution in [2.24, 2.45) is 0 Å². The van der Waals surface area contributed by atoms with Crippen LogP contribution in [0.1, 0.15) is 48.5 Å². The van der Waals surface area contributed by atoms with Crippen LogP contribution in [0.25, 0.3) is 10.9 Å². The minimum Gasteiger partial charge on any atom is -0.361 e. The molecule has 1 aromatic carbocycles. The lowest BCUT2D eigenvalue weighted by atomic mass is 10.0. The van der Waals surface area contributed by atoms with E-state index < -0.39 is 0 Å². The molecule has 0 bridgehead atoms. The summed E-state index contributed by atoms with van der Waals surface area (Å²) in [5.74, 6) is 0. The van der Waals surface area contributed by atoms with Gasteiger partial charge in [0.25, 0.3) is 0 Å². The Balaban J connectivity index is 2.10. The van der Waals surface area contributed by atoms with Gasteiger partial charge in [0.2, 0.25) is 0 Å². The maximum absolute atomic E-state index is 10.7. The molecular weight excluding hydrogens is 210 g/mol. The van der Waals surface area contributed by atoms with Gasteiger partial charge in [-0.15, -0.1) is 0 Å². The number of H-pyrrole nitrogens is 1. The van der Waals surface area contributed by atoms with Crippen molar-refractivity contribution >= 4 is 17.2 Å². The first-order valence-electron chi connectivity index (χ1n) is 6.40. The summed E-state index contributed by atoms with van der Waals surface area (Å²) in [5, 5.41) is 1.26. The number of unbranched alkanes of at least 4 members (excludes halogenated alkanes) is 3. The van der Waals surface area contributed by atoms with E-state index in [1.807, 2.05) is 18.2 Å². The van der Waals surface area contributed by atoms with Gasteiger partial charge in [-0.05, 0) is 24.5 Å². The van der Waals surface area contributed by atoms with Gasteiger partial charge in [-0.2, -0.15) is 0 Å². The monoisotopic (exact) mass is 229 g/mol. The highest BCUT2D eigenvalue weighted by atomic mass is 16.1. The maximum Gasteiger partial charge on any atom is 0.150 e. The van der Waals surface area contributed by atoms with Crippen molar-refractivity contribution in [3.63, 3.8) is 0 Å². The van der Waals surface area contributed by atoms with Crippen LogP contribution < -0.4 is 0 Å². The van der Waals surface area contributed by atoms with Crippen LogP contribution >= 0.6 is 0 Å². The van der Waals surface area contributed by atoms with Gasteiger partial charge in [0.1, 0.15) is 6.29 Å². The number of benzene rings is 1. The Bertz CT molecular complexity index is 499. The number of hydrogen-bond donors (Lipinski definition) is 1. The van der Waals surface area contributed by atoms with Gasteiger partial charge in [-0.25, -0.2) is 0 Å². The molecule has 1 aromatic heterocycles. The lowest BCUT2D eigenvalue weighted by Gasteiger charge is -1.99. The number of hydrogen-bond acceptors (Lipinski definition) is 1. The number of nitrogens with one attached hydrogen (secondary N) is 1. The van der Waals surface area contributed by atoms with Crippen LogP contribution in [0.2, 0.25) is 0 Å². The van der Waals surface area contributed by atoms with Crippen molar-refractivity contribution in [1.29, 1.82) is 0 Å². The Hall–Kier alpha value is -1.57. The van der Waals surface area contributed by atoms with Gasteiger partial charge in [-0.1, -0.05) is 38.3 Å². The van der Waals surface area contributed by atoms with Crippen molar-refractivity contribution in [2.75, 3.05) is 0 Å². The molecule has 1 heterocycles. The van der Waals surface area contributed by atoms with Gasteiger partial charge >= 0.3 is 0 Å². The van der Waals surface area contributed by atoms with Crippen LogP contribution in [-0.2, 0) is 6.42 Å². The maximum atomic E-state index is 10.7. The second kappa shape index (κ2) is 5.67. The average Bonchev–Trinajstić information content (AvgIpc) is 2.77. The Labute approximate surface area is 102 Å². The summed E-state index contributed by atoms with van der Waals surface area (Å²) in [6.45, 7) is 2.23. The Kier molecular flexibility index (Phi) is 3.97. The first kappa shape index (κ1) is 11.9. The second-order valence-corrected chi connectivity index (χ2v) is 4.55. The van der Waals surface area contributed by atoms with Crippen molar-refractivity contribution in [1.82, 2.24) is 4.98 Å². The summed E-state index contributed by atoms with van der Waals surface area (Å²) in [6, 6.07) is 5.85. The molecule has 0 fully saturated rings. The van der Waals surface area contributed by atoms with Gasteiger partial charge in [0.15, 0.2) is 0 Å². The van der Waals surface area contributed by atoms with Crippen molar-refractivity contribution < 1.29 is 4.79 Å². The Morgan fingerprint density at radius 3 is 2.88 bits per heavy atom. The largest absolute Gasteiger partial charge is 0.361 e. The third-order valence-corrected chi connectivity index (χ3v) is 3.23. The predicted molar refractivity (Wildman–Crippen MR) is 71.5 cm³/mol. The summed E-state index contributed by atoms with van der Waals surface area (Å²) >= 11 is 0. The lowest BCUT2D eigenvalue weighted by molar-refractivity contribution is 0.112. The molecule has 2 heteroatoms. The van der Waals surface area contributed by atoms with Gasteiger partial charge in [0.05, 0.1) is 0 Å². The van der Waals surface area contributed by atoms with E-state index in [1.54, 1.807) is 0 Å². The third-order valence-electron chi connectivity index (χ3n) is 3.23. The standard InChI is InChI=1S/C15H19NO/c1-2-3-4-5-6-13-10-16-15-9-12(11-17)7-8-14(13)15/h7-11,16H,2-6H2,1H3. The molecule has 17 heavy (non-hydrogen) atoms. The molecule has 0 aliphatic rings. The number of aromatic nitrogens is 1. The van der Waals surface area contributed by atoms with Crippen LogP contribution in [-0.4, -0.2) is 11.3 Å². The fourth-order valence-corrected chi connectivity index (χ4v) is 2.23. The molecule has 0 amide bonds. The number of carbonyl (C=O) groups excluding carboxylic acids is 1. The highest BCUT2D eigenvalue weighted by Crippen LogP contribution is 2.21. The zero-order valence-electron chi connectivity index (χ0n) is 10.3. The molecule has 0 atom stereocenters. The van der Waals surface area contributed by atoms with Crippen LogP contribution in [0.5, 0.6) is 0 Å². The van der Waals surface area contributed by atoms with E-state index in [0.717, 1.165) is 23.8 Å². The number of carbonyl (C=O) groups is 1. The topological polar surface area (TPSA) is 32.9 Å². The molecule has 2 nitrogen and oxygen atoms in total. The van der Waals surface area contributed by atoms with Crippen LogP contribution in [0.15, 0.2) is 24.4 Å². The lowest BCUT2D eigenvalue weighted by Crippen LogP contribution is -1.84. The number of aryl methyl sites for hydroxylation is 1. The van der Waals surface area contributed by atoms with Gasteiger partial charge in [0, 0.05) is 22.7 Å². The number of fused-ring (bicyclic) bond motifs is 1. The van der Waals surface area contributed by atoms with Crippen LogP contribution in [0, 0.1) is 0 Å². The van der Waals surface area contributed by atoms with E-state index in [1.165, 1.54) is 36.6 Å². The second-order valence-electron chi connectivity index (χ2n) is 4.55. The molecule has 0 unspecified atom stereocenters. The van der Waals surface area contributed by atoms with Crippen molar-refractivity contribution in [3.05, 3.63) is 35.5 Å². The van der Waals surface area contributed by atoms with E-state index in [9.17, 15) is 4.79 Å². The van der Waals surface area contributed by atoms with E-state index in [0.29, 0.717) is 0 Å². The molecule has 1 N–H and O–H groups in total. The first-order valence-corrected chi connectivity index (χ1v) is 6.40. The minimum absolute atomic E-state index is 0.733. The fourth-order valence-electron chi connectivity index (χ4n) is 2.23. The smallest absolute Gasteiger partial charge is 0.150 e. The average molecular weight is 229 g/mol. The fraction of sp³-hybridized carbons (Fsp3) is 0.400. The SMILES string of the molecule is CCCCCCc1c[nH]c2cc(C=O)ccc12. The molecule has 90 valence electrons. The zero-order valence-corrected chi connectivity index (χ0v) is 10.3. The molecule has 0 radical (unpaired) electrons. The van der Waals surface area contributed by atoms with E-state index in [2.05, 4.69) is 18.1 Å². The van der Waals surface area contributed by atoms with E-state index in [4.69, 9.17) is 0 Å². The molecule has 2 aromatic rings. The van der Waals surface area contributed by atoms with Gasteiger partial charge < -0.3 is 4.98 Å². The van der Waals surface area contributed by atoms with Crippen LogP contribution in [0.4, 0.5) is 0 Å². The minimum atomic E-state index is 0.733. The quantitative estimate of drug-likeness (QED) is 0.587. The van der Waals surface area contributed by atoms with Crippen molar-refractivity contribution in [2.45, 2.75) is 39.0 Å². The number of aldehydes is 1.